The highest BCUT2D eigenvalue weighted by atomic mass is 32.1. The van der Waals surface area contributed by atoms with Crippen molar-refractivity contribution in [1.82, 2.24) is 9.55 Å². The summed E-state index contributed by atoms with van der Waals surface area (Å²) in [7, 11) is 0. The van der Waals surface area contributed by atoms with E-state index in [0.29, 0.717) is 0 Å². The molecule has 0 aliphatic heterocycles. The first-order valence-corrected chi connectivity index (χ1v) is 5.42. The number of nitrogens with zero attached hydrogens (tertiary/aromatic N) is 1. The Morgan fingerprint density at radius 1 is 1.27 bits per heavy atom. The Morgan fingerprint density at radius 2 is 1.93 bits per heavy atom. The third-order valence-corrected chi connectivity index (χ3v) is 2.88. The maximum atomic E-state index is 5.26. The van der Waals surface area contributed by atoms with E-state index >= 15 is 0 Å². The number of aryl methyl sites for hydroxylation is 1. The molecule has 1 unspecified atom stereocenters. The predicted octanol–water partition coefficient (Wildman–Crippen LogP) is 3.46. The topological polar surface area (TPSA) is 20.7 Å². The van der Waals surface area contributed by atoms with Crippen molar-refractivity contribution in [2.75, 3.05) is 0 Å². The van der Waals surface area contributed by atoms with Crippen molar-refractivity contribution in [2.45, 2.75) is 19.9 Å². The normalized spacial score (nSPS) is 12.7. The minimum Gasteiger partial charge on any atom is -0.335 e. The summed E-state index contributed by atoms with van der Waals surface area (Å²) >= 11 is 5.26. The van der Waals surface area contributed by atoms with E-state index in [4.69, 9.17) is 12.2 Å². The Labute approximate surface area is 94.6 Å². The molecule has 2 nitrogen and oxygen atoms in total. The average molecular weight is 218 g/mol. The van der Waals surface area contributed by atoms with E-state index in [2.05, 4.69) is 46.9 Å². The number of nitrogens with one attached hydrogen (secondary N) is 1. The Bertz CT molecular complexity index is 496. The fourth-order valence-corrected chi connectivity index (χ4v) is 2.08. The second-order valence-corrected chi connectivity index (χ2v) is 4.12. The van der Waals surface area contributed by atoms with Crippen molar-refractivity contribution in [2.24, 2.45) is 0 Å². The van der Waals surface area contributed by atoms with Gasteiger partial charge in [0.25, 0.3) is 0 Å². The minimum atomic E-state index is 0.281. The van der Waals surface area contributed by atoms with E-state index in [-0.39, 0.29) is 6.04 Å². The number of aromatic nitrogens is 2. The van der Waals surface area contributed by atoms with Crippen LogP contribution in [0.5, 0.6) is 0 Å². The second kappa shape index (κ2) is 4.03. The van der Waals surface area contributed by atoms with Crippen LogP contribution in [0.3, 0.4) is 0 Å². The SMILES string of the molecule is Cc1cn(C(C)c2ccccc2)c(=S)[nH]1. The fraction of sp³-hybridized carbons (Fsp3) is 0.250. The van der Waals surface area contributed by atoms with Crippen LogP contribution < -0.4 is 0 Å². The standard InChI is InChI=1S/C12H14N2S/c1-9-8-14(12(15)13-9)10(2)11-6-4-3-5-7-11/h3-8,10H,1-2H3,(H,13,15). The van der Waals surface area contributed by atoms with Gasteiger partial charge in [0.05, 0.1) is 6.04 Å². The van der Waals surface area contributed by atoms with E-state index < -0.39 is 0 Å². The maximum Gasteiger partial charge on any atom is 0.177 e. The molecule has 2 aromatic rings. The molecule has 0 saturated carbocycles. The van der Waals surface area contributed by atoms with Crippen molar-refractivity contribution in [3.8, 4) is 0 Å². The highest BCUT2D eigenvalue weighted by Crippen LogP contribution is 2.18. The third kappa shape index (κ3) is 2.02. The molecule has 0 spiro atoms. The van der Waals surface area contributed by atoms with E-state index in [9.17, 15) is 0 Å². The molecule has 78 valence electrons. The van der Waals surface area contributed by atoms with Crippen LogP contribution >= 0.6 is 12.2 Å². The van der Waals surface area contributed by atoms with Crippen LogP contribution in [0.15, 0.2) is 36.5 Å². The zero-order chi connectivity index (χ0) is 10.8. The number of benzene rings is 1. The number of rotatable bonds is 2. The molecule has 0 fully saturated rings. The van der Waals surface area contributed by atoms with Gasteiger partial charge in [-0.3, -0.25) is 0 Å². The lowest BCUT2D eigenvalue weighted by Crippen LogP contribution is -2.05. The Balaban J connectivity index is 2.41. The van der Waals surface area contributed by atoms with Crippen LogP contribution in [0.25, 0.3) is 0 Å². The van der Waals surface area contributed by atoms with Gasteiger partial charge < -0.3 is 9.55 Å². The molecular formula is C12H14N2S. The van der Waals surface area contributed by atoms with Crippen LogP contribution in [-0.4, -0.2) is 9.55 Å². The molecule has 0 amide bonds. The van der Waals surface area contributed by atoms with Gasteiger partial charge in [0.1, 0.15) is 0 Å². The van der Waals surface area contributed by atoms with Gasteiger partial charge in [0, 0.05) is 11.9 Å². The van der Waals surface area contributed by atoms with Crippen molar-refractivity contribution >= 4 is 12.2 Å². The highest BCUT2D eigenvalue weighted by Gasteiger charge is 2.08. The molecule has 1 N–H and O–H groups in total. The Kier molecular flexibility index (Phi) is 2.73. The molecule has 15 heavy (non-hydrogen) atoms. The number of hydrogen-bond acceptors (Lipinski definition) is 1. The first-order valence-electron chi connectivity index (χ1n) is 5.01. The molecule has 2 rings (SSSR count). The molecule has 3 heteroatoms. The second-order valence-electron chi connectivity index (χ2n) is 3.74. The van der Waals surface area contributed by atoms with Gasteiger partial charge in [-0.25, -0.2) is 0 Å². The van der Waals surface area contributed by atoms with Gasteiger partial charge in [0.2, 0.25) is 0 Å². The van der Waals surface area contributed by atoms with Gasteiger partial charge in [-0.05, 0) is 31.6 Å². The summed E-state index contributed by atoms with van der Waals surface area (Å²) in [5.41, 5.74) is 2.37. The lowest BCUT2D eigenvalue weighted by molar-refractivity contribution is 0.630. The van der Waals surface area contributed by atoms with Crippen LogP contribution in [0, 0.1) is 11.7 Å². The first kappa shape index (κ1) is 10.2. The maximum absolute atomic E-state index is 5.26. The van der Waals surface area contributed by atoms with Crippen molar-refractivity contribution in [3.05, 3.63) is 52.6 Å². The van der Waals surface area contributed by atoms with Gasteiger partial charge in [0.15, 0.2) is 4.77 Å². The number of imidazole rings is 1. The summed E-state index contributed by atoms with van der Waals surface area (Å²) < 4.78 is 2.86. The highest BCUT2D eigenvalue weighted by molar-refractivity contribution is 7.71. The number of H-pyrrole nitrogens is 1. The van der Waals surface area contributed by atoms with E-state index in [1.807, 2.05) is 13.0 Å². The molecule has 1 aromatic carbocycles. The van der Waals surface area contributed by atoms with E-state index in [1.165, 1.54) is 5.56 Å². The summed E-state index contributed by atoms with van der Waals surface area (Å²) in [5, 5.41) is 0. The number of hydrogen-bond donors (Lipinski definition) is 1. The smallest absolute Gasteiger partial charge is 0.177 e. The van der Waals surface area contributed by atoms with Gasteiger partial charge in [-0.1, -0.05) is 30.3 Å². The molecule has 0 bridgehead atoms. The Hall–Kier alpha value is -1.35. The van der Waals surface area contributed by atoms with Crippen molar-refractivity contribution in [1.29, 1.82) is 0 Å². The van der Waals surface area contributed by atoms with Gasteiger partial charge in [-0.2, -0.15) is 0 Å². The van der Waals surface area contributed by atoms with Crippen molar-refractivity contribution < 1.29 is 0 Å². The van der Waals surface area contributed by atoms with Crippen LogP contribution in [0.1, 0.15) is 24.2 Å². The third-order valence-electron chi connectivity index (χ3n) is 2.57. The minimum absolute atomic E-state index is 0.281. The van der Waals surface area contributed by atoms with Crippen LogP contribution in [-0.2, 0) is 0 Å². The van der Waals surface area contributed by atoms with Crippen LogP contribution in [0.4, 0.5) is 0 Å². The van der Waals surface area contributed by atoms with Crippen LogP contribution in [0.2, 0.25) is 0 Å². The zero-order valence-corrected chi connectivity index (χ0v) is 9.71. The molecule has 0 aliphatic carbocycles. The summed E-state index contributed by atoms with van der Waals surface area (Å²) in [6.07, 6.45) is 2.06. The van der Waals surface area contributed by atoms with E-state index in [0.717, 1.165) is 10.5 Å². The first-order chi connectivity index (χ1) is 7.18. The summed E-state index contributed by atoms with van der Waals surface area (Å²) in [4.78, 5) is 3.14. The summed E-state index contributed by atoms with van der Waals surface area (Å²) in [6.45, 7) is 4.17. The van der Waals surface area contributed by atoms with E-state index in [1.54, 1.807) is 0 Å². The monoisotopic (exact) mass is 218 g/mol. The summed E-state index contributed by atoms with van der Waals surface area (Å²) in [5.74, 6) is 0. The van der Waals surface area contributed by atoms with Gasteiger partial charge >= 0.3 is 0 Å². The largest absolute Gasteiger partial charge is 0.335 e. The number of aromatic amines is 1. The molecular weight excluding hydrogens is 204 g/mol. The van der Waals surface area contributed by atoms with Crippen molar-refractivity contribution in [3.63, 3.8) is 0 Å². The molecule has 1 atom stereocenters. The molecule has 0 radical (unpaired) electrons. The predicted molar refractivity (Wildman–Crippen MR) is 64.6 cm³/mol. The molecule has 0 saturated heterocycles. The summed E-state index contributed by atoms with van der Waals surface area (Å²) in [6, 6.07) is 10.6. The lowest BCUT2D eigenvalue weighted by Gasteiger charge is -2.13. The molecule has 0 aliphatic rings. The molecule has 1 aromatic heterocycles. The fourth-order valence-electron chi connectivity index (χ4n) is 1.71. The average Bonchev–Trinajstić information content (AvgIpc) is 2.58. The molecule has 1 heterocycles. The quantitative estimate of drug-likeness (QED) is 0.765. The van der Waals surface area contributed by atoms with Gasteiger partial charge in [-0.15, -0.1) is 0 Å². The lowest BCUT2D eigenvalue weighted by atomic mass is 10.1. The zero-order valence-electron chi connectivity index (χ0n) is 8.90. The Morgan fingerprint density at radius 3 is 2.47 bits per heavy atom.